The molecule has 0 saturated heterocycles. The van der Waals surface area contributed by atoms with Gasteiger partial charge in [-0.1, -0.05) is 103 Å². The molecule has 11 aromatic rings. The second-order valence-corrected chi connectivity index (χ2v) is 12.8. The Morgan fingerprint density at radius 3 is 1.71 bits per heavy atom. The summed E-state index contributed by atoms with van der Waals surface area (Å²) in [5.41, 5.74) is 9.66. The molecule has 0 unspecified atom stereocenters. The van der Waals surface area contributed by atoms with Crippen molar-refractivity contribution in [2.75, 3.05) is 0 Å². The zero-order valence-electron chi connectivity index (χ0n) is 27.0. The minimum absolute atomic E-state index is 0.561. The molecule has 0 N–H and O–H groups in total. The molecule has 0 fully saturated rings. The predicted molar refractivity (Wildman–Crippen MR) is 203 cm³/mol. The van der Waals surface area contributed by atoms with Crippen LogP contribution in [0.2, 0.25) is 0 Å². The predicted octanol–water partition coefficient (Wildman–Crippen LogP) is 12.2. The van der Waals surface area contributed by atoms with Gasteiger partial charge < -0.3 is 13.3 Å². The number of para-hydroxylation sites is 3. The fraction of sp³-hybridized carbons (Fsp3) is 0. The van der Waals surface area contributed by atoms with Crippen LogP contribution in [-0.2, 0) is 0 Å². The Labute approximate surface area is 290 Å². The first-order valence-electron chi connectivity index (χ1n) is 16.8. The van der Waals surface area contributed by atoms with Crippen molar-refractivity contribution in [3.05, 3.63) is 152 Å². The van der Waals surface area contributed by atoms with E-state index in [4.69, 9.17) is 28.2 Å². The van der Waals surface area contributed by atoms with E-state index < -0.39 is 0 Å². The van der Waals surface area contributed by atoms with Crippen LogP contribution in [-0.4, -0.2) is 15.0 Å². The summed E-state index contributed by atoms with van der Waals surface area (Å²) in [6, 6.07) is 51.0. The summed E-state index contributed by atoms with van der Waals surface area (Å²) >= 11 is 0. The van der Waals surface area contributed by atoms with Gasteiger partial charge in [0.1, 0.15) is 33.5 Å². The maximum absolute atomic E-state index is 6.55. The molecule has 7 aromatic carbocycles. The van der Waals surface area contributed by atoms with Crippen LogP contribution in [0, 0.1) is 0 Å². The summed E-state index contributed by atoms with van der Waals surface area (Å²) in [4.78, 5) is 15.0. The van der Waals surface area contributed by atoms with E-state index >= 15 is 0 Å². The molecule has 6 heteroatoms. The molecular weight excluding hydrogens is 631 g/mol. The summed E-state index contributed by atoms with van der Waals surface area (Å²) in [5, 5.41) is 6.31. The van der Waals surface area contributed by atoms with Crippen molar-refractivity contribution in [1.29, 1.82) is 0 Å². The standard InChI is InChI=1S/C45H25N3O3/c1-2-10-26(11-3-1)43-46-44(27-21-23-38-35(24-27)30-13-5-6-17-36(30)49-38)48-45(47-43)28-20-22-34-40(25-28)50-39-19-9-14-31(41(34)39)33-16-8-15-32-29-12-4-7-18-37(29)51-42(32)33/h1-25H. The number of hydrogen-bond donors (Lipinski definition) is 0. The highest BCUT2D eigenvalue weighted by molar-refractivity contribution is 6.17. The Bertz CT molecular complexity index is 3150. The van der Waals surface area contributed by atoms with Crippen molar-refractivity contribution in [2.24, 2.45) is 0 Å². The summed E-state index contributed by atoms with van der Waals surface area (Å²) in [6.45, 7) is 0. The van der Waals surface area contributed by atoms with Crippen LogP contribution in [0.15, 0.2) is 165 Å². The summed E-state index contributed by atoms with van der Waals surface area (Å²) < 4.78 is 19.1. The number of rotatable bonds is 4. The average molecular weight is 656 g/mol. The molecule has 0 bridgehead atoms. The lowest BCUT2D eigenvalue weighted by Crippen LogP contribution is -2.00. The number of aromatic nitrogens is 3. The van der Waals surface area contributed by atoms with Crippen LogP contribution in [0.1, 0.15) is 0 Å². The maximum Gasteiger partial charge on any atom is 0.164 e. The first-order valence-corrected chi connectivity index (χ1v) is 16.8. The van der Waals surface area contributed by atoms with E-state index in [0.717, 1.165) is 93.6 Å². The zero-order chi connectivity index (χ0) is 33.5. The molecule has 51 heavy (non-hydrogen) atoms. The highest BCUT2D eigenvalue weighted by Gasteiger charge is 2.19. The van der Waals surface area contributed by atoms with Crippen LogP contribution in [0.4, 0.5) is 0 Å². The smallest absolute Gasteiger partial charge is 0.164 e. The van der Waals surface area contributed by atoms with E-state index in [1.165, 1.54) is 0 Å². The molecule has 0 saturated carbocycles. The maximum atomic E-state index is 6.55. The molecule has 11 rings (SSSR count). The number of nitrogens with zero attached hydrogens (tertiary/aromatic N) is 3. The van der Waals surface area contributed by atoms with Crippen molar-refractivity contribution >= 4 is 65.8 Å². The van der Waals surface area contributed by atoms with Gasteiger partial charge >= 0.3 is 0 Å². The fourth-order valence-electron chi connectivity index (χ4n) is 7.36. The van der Waals surface area contributed by atoms with E-state index in [2.05, 4.69) is 54.6 Å². The van der Waals surface area contributed by atoms with Crippen molar-refractivity contribution in [2.45, 2.75) is 0 Å². The number of fused-ring (bicyclic) bond motifs is 9. The van der Waals surface area contributed by atoms with E-state index in [-0.39, 0.29) is 0 Å². The van der Waals surface area contributed by atoms with Gasteiger partial charge in [-0.15, -0.1) is 0 Å². The monoisotopic (exact) mass is 655 g/mol. The Hall–Kier alpha value is -7.05. The third-order valence-electron chi connectivity index (χ3n) is 9.75. The lowest BCUT2D eigenvalue weighted by molar-refractivity contribution is 0.668. The van der Waals surface area contributed by atoms with Gasteiger partial charge in [0.05, 0.1) is 0 Å². The van der Waals surface area contributed by atoms with E-state index in [9.17, 15) is 0 Å². The topological polar surface area (TPSA) is 78.1 Å². The SMILES string of the molecule is c1ccc(-c2nc(-c3ccc4c(c3)oc3cccc(-c5cccc6c5oc5ccccc56)c34)nc(-c3ccc4oc5ccccc5c4c3)n2)cc1. The minimum Gasteiger partial charge on any atom is -0.456 e. The molecule has 4 aromatic heterocycles. The van der Waals surface area contributed by atoms with Crippen LogP contribution in [0.5, 0.6) is 0 Å². The number of hydrogen-bond acceptors (Lipinski definition) is 6. The Morgan fingerprint density at radius 2 is 0.882 bits per heavy atom. The van der Waals surface area contributed by atoms with Gasteiger partial charge in [0.15, 0.2) is 17.5 Å². The Morgan fingerprint density at radius 1 is 0.314 bits per heavy atom. The minimum atomic E-state index is 0.561. The third kappa shape index (κ3) is 4.33. The van der Waals surface area contributed by atoms with Crippen LogP contribution in [0.25, 0.3) is 111 Å². The number of furan rings is 3. The molecule has 0 amide bonds. The third-order valence-corrected chi connectivity index (χ3v) is 9.75. The zero-order valence-corrected chi connectivity index (χ0v) is 27.0. The molecule has 0 spiro atoms. The largest absolute Gasteiger partial charge is 0.456 e. The van der Waals surface area contributed by atoms with E-state index in [1.54, 1.807) is 0 Å². The summed E-state index contributed by atoms with van der Waals surface area (Å²) in [5.74, 6) is 1.74. The van der Waals surface area contributed by atoms with Gasteiger partial charge in [-0.25, -0.2) is 15.0 Å². The molecule has 0 atom stereocenters. The normalized spacial score (nSPS) is 11.9. The first kappa shape index (κ1) is 27.9. The van der Waals surface area contributed by atoms with Crippen LogP contribution < -0.4 is 0 Å². The summed E-state index contributed by atoms with van der Waals surface area (Å²) in [6.07, 6.45) is 0. The molecular formula is C45H25N3O3. The lowest BCUT2D eigenvalue weighted by atomic mass is 9.97. The van der Waals surface area contributed by atoms with Crippen LogP contribution >= 0.6 is 0 Å². The molecule has 4 heterocycles. The average Bonchev–Trinajstić information content (AvgIpc) is 3.88. The quantitative estimate of drug-likeness (QED) is 0.188. The van der Waals surface area contributed by atoms with Gasteiger partial charge in [-0.05, 0) is 54.1 Å². The Balaban J connectivity index is 1.08. The summed E-state index contributed by atoms with van der Waals surface area (Å²) in [7, 11) is 0. The second-order valence-electron chi connectivity index (χ2n) is 12.8. The van der Waals surface area contributed by atoms with Gasteiger partial charge in [0, 0.05) is 54.6 Å². The van der Waals surface area contributed by atoms with E-state index in [1.807, 2.05) is 97.1 Å². The van der Waals surface area contributed by atoms with Crippen molar-refractivity contribution < 1.29 is 13.3 Å². The molecule has 0 radical (unpaired) electrons. The van der Waals surface area contributed by atoms with Gasteiger partial charge in [-0.2, -0.15) is 0 Å². The van der Waals surface area contributed by atoms with E-state index in [0.29, 0.717) is 17.5 Å². The van der Waals surface area contributed by atoms with Gasteiger partial charge in [0.25, 0.3) is 0 Å². The molecule has 0 aliphatic rings. The van der Waals surface area contributed by atoms with Crippen molar-refractivity contribution in [3.63, 3.8) is 0 Å². The molecule has 0 aliphatic carbocycles. The van der Waals surface area contributed by atoms with Gasteiger partial charge in [0.2, 0.25) is 0 Å². The first-order chi connectivity index (χ1) is 25.2. The molecule has 0 aliphatic heterocycles. The number of benzene rings is 7. The second kappa shape index (κ2) is 10.7. The lowest BCUT2D eigenvalue weighted by Gasteiger charge is -2.09. The van der Waals surface area contributed by atoms with Crippen molar-refractivity contribution in [3.8, 4) is 45.3 Å². The highest BCUT2D eigenvalue weighted by Crippen LogP contribution is 2.42. The van der Waals surface area contributed by atoms with Crippen molar-refractivity contribution in [1.82, 2.24) is 15.0 Å². The highest BCUT2D eigenvalue weighted by atomic mass is 16.3. The molecule has 6 nitrogen and oxygen atoms in total. The molecule has 238 valence electrons. The van der Waals surface area contributed by atoms with Gasteiger partial charge in [-0.3, -0.25) is 0 Å². The van der Waals surface area contributed by atoms with Crippen LogP contribution in [0.3, 0.4) is 0 Å². The fourth-order valence-corrected chi connectivity index (χ4v) is 7.36. The Kier molecular flexibility index (Phi) is 5.86.